The molecule has 0 radical (unpaired) electrons. The number of hydrogen-bond acceptors (Lipinski definition) is 3. The van der Waals surface area contributed by atoms with Crippen LogP contribution in [0.5, 0.6) is 0 Å². The lowest BCUT2D eigenvalue weighted by Crippen LogP contribution is -1.92. The molecule has 0 saturated heterocycles. The van der Waals surface area contributed by atoms with E-state index in [0.29, 0.717) is 22.6 Å². The number of nitriles is 1. The molecule has 0 aliphatic heterocycles. The molecule has 0 unspecified atom stereocenters. The van der Waals surface area contributed by atoms with Crippen molar-refractivity contribution in [3.8, 4) is 17.3 Å². The van der Waals surface area contributed by atoms with Gasteiger partial charge in [-0.1, -0.05) is 0 Å². The van der Waals surface area contributed by atoms with Gasteiger partial charge in [-0.2, -0.15) is 5.26 Å². The SMILES string of the molecule is Cc1cn2c(C#N)c(-c3ccc(F)cc3)nc2cn1. The monoisotopic (exact) mass is 252 g/mol. The van der Waals surface area contributed by atoms with Crippen LogP contribution < -0.4 is 0 Å². The van der Waals surface area contributed by atoms with Gasteiger partial charge in [0.05, 0.1) is 11.9 Å². The lowest BCUT2D eigenvalue weighted by molar-refractivity contribution is 0.628. The second kappa shape index (κ2) is 4.18. The van der Waals surface area contributed by atoms with Crippen LogP contribution in [0.1, 0.15) is 11.4 Å². The summed E-state index contributed by atoms with van der Waals surface area (Å²) in [7, 11) is 0. The van der Waals surface area contributed by atoms with Crippen molar-refractivity contribution in [3.05, 3.63) is 53.9 Å². The van der Waals surface area contributed by atoms with Crippen molar-refractivity contribution >= 4 is 5.65 Å². The molecule has 0 aliphatic rings. The predicted molar refractivity (Wildman–Crippen MR) is 67.8 cm³/mol. The first-order valence-electron chi connectivity index (χ1n) is 5.70. The molecule has 5 heteroatoms. The Labute approximate surface area is 108 Å². The van der Waals surface area contributed by atoms with E-state index in [1.165, 1.54) is 12.1 Å². The fourth-order valence-electron chi connectivity index (χ4n) is 1.97. The van der Waals surface area contributed by atoms with Gasteiger partial charge in [0.2, 0.25) is 0 Å². The Kier molecular flexibility index (Phi) is 2.50. The van der Waals surface area contributed by atoms with Gasteiger partial charge in [-0.15, -0.1) is 0 Å². The summed E-state index contributed by atoms with van der Waals surface area (Å²) in [5, 5.41) is 9.31. The number of halogens is 1. The zero-order valence-electron chi connectivity index (χ0n) is 10.1. The molecule has 3 rings (SSSR count). The molecule has 2 heterocycles. The van der Waals surface area contributed by atoms with Crippen LogP contribution in [0, 0.1) is 24.1 Å². The minimum Gasteiger partial charge on any atom is -0.288 e. The Balaban J connectivity index is 2.29. The minimum atomic E-state index is -0.316. The highest BCUT2D eigenvalue weighted by molar-refractivity contribution is 5.69. The number of nitrogens with zero attached hydrogens (tertiary/aromatic N) is 4. The predicted octanol–water partition coefficient (Wildman–Crippen LogP) is 2.72. The van der Waals surface area contributed by atoms with Gasteiger partial charge in [0.1, 0.15) is 17.6 Å². The highest BCUT2D eigenvalue weighted by Gasteiger charge is 2.14. The molecular formula is C14H9FN4. The summed E-state index contributed by atoms with van der Waals surface area (Å²) in [6, 6.07) is 8.06. The first-order chi connectivity index (χ1) is 9.19. The van der Waals surface area contributed by atoms with Crippen LogP contribution in [0.2, 0.25) is 0 Å². The van der Waals surface area contributed by atoms with E-state index in [0.717, 1.165) is 5.69 Å². The maximum Gasteiger partial charge on any atom is 0.157 e. The van der Waals surface area contributed by atoms with Gasteiger partial charge in [-0.3, -0.25) is 9.38 Å². The molecule has 92 valence electrons. The highest BCUT2D eigenvalue weighted by atomic mass is 19.1. The van der Waals surface area contributed by atoms with E-state index in [4.69, 9.17) is 0 Å². The molecule has 1 aromatic carbocycles. The lowest BCUT2D eigenvalue weighted by Gasteiger charge is -1.98. The summed E-state index contributed by atoms with van der Waals surface area (Å²) in [4.78, 5) is 8.53. The van der Waals surface area contributed by atoms with E-state index in [1.54, 1.807) is 28.9 Å². The number of fused-ring (bicyclic) bond motifs is 1. The Morgan fingerprint density at radius 3 is 2.68 bits per heavy atom. The van der Waals surface area contributed by atoms with Gasteiger partial charge in [0, 0.05) is 11.8 Å². The van der Waals surface area contributed by atoms with Crippen LogP contribution in [0.25, 0.3) is 16.9 Å². The molecule has 0 bridgehead atoms. The van der Waals surface area contributed by atoms with E-state index in [9.17, 15) is 9.65 Å². The summed E-state index contributed by atoms with van der Waals surface area (Å²) in [5.41, 5.74) is 3.06. The second-order valence-electron chi connectivity index (χ2n) is 4.18. The van der Waals surface area contributed by atoms with Crippen molar-refractivity contribution in [2.45, 2.75) is 6.92 Å². The Morgan fingerprint density at radius 2 is 2.00 bits per heavy atom. The summed E-state index contributed by atoms with van der Waals surface area (Å²) >= 11 is 0. The van der Waals surface area contributed by atoms with E-state index in [2.05, 4.69) is 16.0 Å². The molecule has 0 N–H and O–H groups in total. The van der Waals surface area contributed by atoms with E-state index < -0.39 is 0 Å². The summed E-state index contributed by atoms with van der Waals surface area (Å²) in [5.74, 6) is -0.316. The maximum absolute atomic E-state index is 12.9. The molecule has 0 amide bonds. The third kappa shape index (κ3) is 1.83. The average Bonchev–Trinajstić information content (AvgIpc) is 2.77. The lowest BCUT2D eigenvalue weighted by atomic mass is 10.1. The van der Waals surface area contributed by atoms with Gasteiger partial charge >= 0.3 is 0 Å². The quantitative estimate of drug-likeness (QED) is 0.669. The Morgan fingerprint density at radius 1 is 1.26 bits per heavy atom. The van der Waals surface area contributed by atoms with Gasteiger partial charge in [0.15, 0.2) is 11.3 Å². The van der Waals surface area contributed by atoms with Gasteiger partial charge < -0.3 is 0 Å². The first kappa shape index (κ1) is 11.4. The molecule has 3 aromatic rings. The topological polar surface area (TPSA) is 54.0 Å². The fraction of sp³-hybridized carbons (Fsp3) is 0.0714. The summed E-state index contributed by atoms with van der Waals surface area (Å²) < 4.78 is 14.6. The standard InChI is InChI=1S/C14H9FN4/c1-9-8-19-12(6-16)14(18-13(19)7-17-9)10-2-4-11(15)5-3-10/h2-5,7-8H,1H3. The van der Waals surface area contributed by atoms with Crippen molar-refractivity contribution < 1.29 is 4.39 Å². The molecular weight excluding hydrogens is 243 g/mol. The maximum atomic E-state index is 12.9. The highest BCUT2D eigenvalue weighted by Crippen LogP contribution is 2.24. The second-order valence-corrected chi connectivity index (χ2v) is 4.18. The minimum absolute atomic E-state index is 0.316. The number of aryl methyl sites for hydroxylation is 1. The molecule has 0 spiro atoms. The smallest absolute Gasteiger partial charge is 0.157 e. The largest absolute Gasteiger partial charge is 0.288 e. The molecule has 2 aromatic heterocycles. The summed E-state index contributed by atoms with van der Waals surface area (Å²) in [6.45, 7) is 1.85. The van der Waals surface area contributed by atoms with E-state index in [-0.39, 0.29) is 5.82 Å². The number of rotatable bonds is 1. The zero-order valence-corrected chi connectivity index (χ0v) is 10.1. The molecule has 19 heavy (non-hydrogen) atoms. The average molecular weight is 252 g/mol. The first-order valence-corrected chi connectivity index (χ1v) is 5.70. The van der Waals surface area contributed by atoms with Gasteiger partial charge in [0.25, 0.3) is 0 Å². The number of imidazole rings is 1. The van der Waals surface area contributed by atoms with E-state index >= 15 is 0 Å². The molecule has 4 nitrogen and oxygen atoms in total. The van der Waals surface area contributed by atoms with Crippen LogP contribution in [-0.4, -0.2) is 14.4 Å². The van der Waals surface area contributed by atoms with Crippen LogP contribution in [-0.2, 0) is 0 Å². The van der Waals surface area contributed by atoms with Gasteiger partial charge in [-0.25, -0.2) is 9.37 Å². The molecule has 0 aliphatic carbocycles. The van der Waals surface area contributed by atoms with Crippen LogP contribution in [0.15, 0.2) is 36.7 Å². The van der Waals surface area contributed by atoms with Crippen molar-refractivity contribution in [3.63, 3.8) is 0 Å². The van der Waals surface area contributed by atoms with Crippen LogP contribution in [0.4, 0.5) is 4.39 Å². The fourth-order valence-corrected chi connectivity index (χ4v) is 1.97. The zero-order chi connectivity index (χ0) is 13.4. The third-order valence-electron chi connectivity index (χ3n) is 2.86. The van der Waals surface area contributed by atoms with Crippen molar-refractivity contribution in [2.24, 2.45) is 0 Å². The number of benzene rings is 1. The molecule has 0 atom stereocenters. The van der Waals surface area contributed by atoms with E-state index in [1.807, 2.05) is 6.92 Å². The Hall–Kier alpha value is -2.74. The third-order valence-corrected chi connectivity index (χ3v) is 2.86. The van der Waals surface area contributed by atoms with Crippen LogP contribution >= 0.6 is 0 Å². The number of aromatic nitrogens is 3. The summed E-state index contributed by atoms with van der Waals surface area (Å²) in [6.07, 6.45) is 3.37. The van der Waals surface area contributed by atoms with Crippen molar-refractivity contribution in [1.29, 1.82) is 5.26 Å². The molecule has 0 saturated carbocycles. The van der Waals surface area contributed by atoms with Crippen molar-refractivity contribution in [1.82, 2.24) is 14.4 Å². The Bertz CT molecular complexity index is 797. The van der Waals surface area contributed by atoms with Crippen LogP contribution in [0.3, 0.4) is 0 Å². The van der Waals surface area contributed by atoms with Gasteiger partial charge in [-0.05, 0) is 31.2 Å². The molecule has 0 fully saturated rings. The number of hydrogen-bond donors (Lipinski definition) is 0. The normalized spacial score (nSPS) is 10.6. The van der Waals surface area contributed by atoms with Crippen molar-refractivity contribution in [2.75, 3.05) is 0 Å².